The third-order valence-electron chi connectivity index (χ3n) is 3.10. The van der Waals surface area contributed by atoms with E-state index in [1.165, 1.54) is 4.31 Å². The van der Waals surface area contributed by atoms with Crippen molar-refractivity contribution in [3.63, 3.8) is 0 Å². The Labute approximate surface area is 115 Å². The number of nitrogens with one attached hydrogen (secondary N) is 1. The Bertz CT molecular complexity index is 331. The lowest BCUT2D eigenvalue weighted by atomic mass is 10.0. The fourth-order valence-electron chi connectivity index (χ4n) is 2.16. The third-order valence-corrected chi connectivity index (χ3v) is 4.96. The fraction of sp³-hybridized carbons (Fsp3) is 1.00. The standard InChI is InChI=1S/C11H23ClN2O3S/c1-10-4-3-7-14(8-10)18(15,16)13-11(5-6-12)9-17-2/h10-11,13H,3-9H2,1-2H3. The molecule has 0 aromatic heterocycles. The quantitative estimate of drug-likeness (QED) is 0.719. The van der Waals surface area contributed by atoms with Gasteiger partial charge in [0.25, 0.3) is 10.2 Å². The molecule has 0 aromatic carbocycles. The molecular weight excluding hydrogens is 276 g/mol. The summed E-state index contributed by atoms with van der Waals surface area (Å²) in [7, 11) is -1.86. The molecule has 1 aliphatic heterocycles. The molecule has 0 amide bonds. The molecule has 1 N–H and O–H groups in total. The zero-order valence-corrected chi connectivity index (χ0v) is 12.6. The Morgan fingerprint density at radius 3 is 2.83 bits per heavy atom. The number of alkyl halides is 1. The van der Waals surface area contributed by atoms with E-state index >= 15 is 0 Å². The number of halogens is 1. The summed E-state index contributed by atoms with van der Waals surface area (Å²) in [6, 6.07) is -0.255. The molecule has 0 spiro atoms. The first kappa shape index (κ1) is 16.2. The number of piperidine rings is 1. The van der Waals surface area contributed by atoms with Gasteiger partial charge in [-0.3, -0.25) is 0 Å². The van der Waals surface area contributed by atoms with Crippen molar-refractivity contribution in [2.24, 2.45) is 5.92 Å². The molecule has 5 nitrogen and oxygen atoms in total. The lowest BCUT2D eigenvalue weighted by Gasteiger charge is -2.31. The van der Waals surface area contributed by atoms with Gasteiger partial charge in [0, 0.05) is 32.1 Å². The zero-order chi connectivity index (χ0) is 13.6. The molecule has 2 atom stereocenters. The summed E-state index contributed by atoms with van der Waals surface area (Å²) in [4.78, 5) is 0. The Kier molecular flexibility index (Phi) is 6.87. The molecule has 0 saturated carbocycles. The smallest absolute Gasteiger partial charge is 0.279 e. The van der Waals surface area contributed by atoms with Crippen LogP contribution in [0.15, 0.2) is 0 Å². The van der Waals surface area contributed by atoms with Crippen molar-refractivity contribution in [1.29, 1.82) is 0 Å². The van der Waals surface area contributed by atoms with E-state index in [1.807, 2.05) is 0 Å². The average Bonchev–Trinajstić information content (AvgIpc) is 2.29. The first-order valence-corrected chi connectivity index (χ1v) is 8.29. The number of ether oxygens (including phenoxy) is 1. The van der Waals surface area contributed by atoms with Gasteiger partial charge in [0.2, 0.25) is 0 Å². The second kappa shape index (κ2) is 7.65. The third kappa shape index (κ3) is 5.01. The largest absolute Gasteiger partial charge is 0.383 e. The van der Waals surface area contributed by atoms with Crippen LogP contribution in [0.25, 0.3) is 0 Å². The topological polar surface area (TPSA) is 58.6 Å². The van der Waals surface area contributed by atoms with Crippen LogP contribution in [0.4, 0.5) is 0 Å². The van der Waals surface area contributed by atoms with Gasteiger partial charge < -0.3 is 4.74 Å². The summed E-state index contributed by atoms with van der Waals surface area (Å²) in [6.07, 6.45) is 2.58. The van der Waals surface area contributed by atoms with Crippen LogP contribution in [-0.2, 0) is 14.9 Å². The van der Waals surface area contributed by atoms with E-state index in [4.69, 9.17) is 16.3 Å². The van der Waals surface area contributed by atoms with E-state index in [1.54, 1.807) is 7.11 Å². The van der Waals surface area contributed by atoms with Crippen LogP contribution >= 0.6 is 11.6 Å². The van der Waals surface area contributed by atoms with E-state index in [2.05, 4.69) is 11.6 Å². The average molecular weight is 299 g/mol. The van der Waals surface area contributed by atoms with Gasteiger partial charge in [-0.1, -0.05) is 6.92 Å². The van der Waals surface area contributed by atoms with Crippen LogP contribution in [0, 0.1) is 5.92 Å². The zero-order valence-electron chi connectivity index (χ0n) is 11.1. The maximum atomic E-state index is 12.2. The van der Waals surface area contributed by atoms with Gasteiger partial charge in [-0.15, -0.1) is 11.6 Å². The predicted octanol–water partition coefficient (Wildman–Crippen LogP) is 1.20. The van der Waals surface area contributed by atoms with Crippen LogP contribution < -0.4 is 4.72 Å². The minimum Gasteiger partial charge on any atom is -0.383 e. The summed E-state index contributed by atoms with van der Waals surface area (Å²) in [5, 5.41) is 0. The van der Waals surface area contributed by atoms with E-state index in [0.29, 0.717) is 37.9 Å². The molecule has 2 unspecified atom stereocenters. The van der Waals surface area contributed by atoms with E-state index in [9.17, 15) is 8.42 Å². The highest BCUT2D eigenvalue weighted by Gasteiger charge is 2.28. The number of methoxy groups -OCH3 is 1. The normalized spacial score (nSPS) is 24.1. The Balaban J connectivity index is 2.60. The molecule has 0 bridgehead atoms. The highest BCUT2D eigenvalue weighted by atomic mass is 35.5. The highest BCUT2D eigenvalue weighted by Crippen LogP contribution is 2.18. The van der Waals surface area contributed by atoms with E-state index in [0.717, 1.165) is 12.8 Å². The Morgan fingerprint density at radius 2 is 2.28 bits per heavy atom. The van der Waals surface area contributed by atoms with Crippen molar-refractivity contribution in [2.75, 3.05) is 32.7 Å². The lowest BCUT2D eigenvalue weighted by molar-refractivity contribution is 0.171. The molecule has 18 heavy (non-hydrogen) atoms. The van der Waals surface area contributed by atoms with Crippen LogP contribution in [-0.4, -0.2) is 51.5 Å². The van der Waals surface area contributed by atoms with Gasteiger partial charge in [0.15, 0.2) is 0 Å². The molecule has 1 heterocycles. The summed E-state index contributed by atoms with van der Waals surface area (Å²) in [5.41, 5.74) is 0. The van der Waals surface area contributed by atoms with Gasteiger partial charge in [-0.2, -0.15) is 17.4 Å². The first-order chi connectivity index (χ1) is 8.49. The summed E-state index contributed by atoms with van der Waals surface area (Å²) in [5.74, 6) is 0.830. The molecule has 1 saturated heterocycles. The van der Waals surface area contributed by atoms with Crippen molar-refractivity contribution in [3.05, 3.63) is 0 Å². The SMILES string of the molecule is COCC(CCCl)NS(=O)(=O)N1CCCC(C)C1. The van der Waals surface area contributed by atoms with Crippen LogP contribution in [0.5, 0.6) is 0 Å². The van der Waals surface area contributed by atoms with Gasteiger partial charge in [-0.05, 0) is 25.2 Å². The lowest BCUT2D eigenvalue weighted by Crippen LogP contribution is -2.49. The molecule has 7 heteroatoms. The van der Waals surface area contributed by atoms with Crippen LogP contribution in [0.3, 0.4) is 0 Å². The summed E-state index contributed by atoms with van der Waals surface area (Å²) < 4.78 is 33.6. The predicted molar refractivity (Wildman–Crippen MR) is 73.0 cm³/mol. The van der Waals surface area contributed by atoms with Gasteiger partial charge in [-0.25, -0.2) is 0 Å². The minimum atomic E-state index is -3.42. The molecule has 1 fully saturated rings. The molecular formula is C11H23ClN2O3S. The molecule has 1 aliphatic rings. The monoisotopic (exact) mass is 298 g/mol. The molecule has 1 rings (SSSR count). The van der Waals surface area contributed by atoms with Crippen LogP contribution in [0.1, 0.15) is 26.2 Å². The van der Waals surface area contributed by atoms with Gasteiger partial charge >= 0.3 is 0 Å². The molecule has 0 radical (unpaired) electrons. The fourth-order valence-corrected chi connectivity index (χ4v) is 4.00. The Hall–Kier alpha value is 0.120. The highest BCUT2D eigenvalue weighted by molar-refractivity contribution is 7.87. The number of nitrogens with zero attached hydrogens (tertiary/aromatic N) is 1. The van der Waals surface area contributed by atoms with Crippen LogP contribution in [0.2, 0.25) is 0 Å². The van der Waals surface area contributed by atoms with Gasteiger partial charge in [0.1, 0.15) is 0 Å². The van der Waals surface area contributed by atoms with Crippen molar-refractivity contribution in [2.45, 2.75) is 32.2 Å². The van der Waals surface area contributed by atoms with Crippen molar-refractivity contribution >= 4 is 21.8 Å². The maximum absolute atomic E-state index is 12.2. The van der Waals surface area contributed by atoms with Gasteiger partial charge in [0.05, 0.1) is 6.61 Å². The first-order valence-electron chi connectivity index (χ1n) is 6.32. The number of hydrogen-bond donors (Lipinski definition) is 1. The number of hydrogen-bond acceptors (Lipinski definition) is 3. The molecule has 0 aliphatic carbocycles. The summed E-state index contributed by atoms with van der Waals surface area (Å²) >= 11 is 5.67. The van der Waals surface area contributed by atoms with Crippen molar-refractivity contribution in [3.8, 4) is 0 Å². The second-order valence-electron chi connectivity index (χ2n) is 4.86. The second-order valence-corrected chi connectivity index (χ2v) is 6.94. The number of rotatable bonds is 7. The van der Waals surface area contributed by atoms with E-state index in [-0.39, 0.29) is 6.04 Å². The molecule has 108 valence electrons. The van der Waals surface area contributed by atoms with Crippen molar-refractivity contribution < 1.29 is 13.2 Å². The minimum absolute atomic E-state index is 0.255. The summed E-state index contributed by atoms with van der Waals surface area (Å²) in [6.45, 7) is 3.61. The maximum Gasteiger partial charge on any atom is 0.279 e. The molecule has 0 aromatic rings. The van der Waals surface area contributed by atoms with Crippen molar-refractivity contribution in [1.82, 2.24) is 9.03 Å². The Morgan fingerprint density at radius 1 is 1.56 bits per heavy atom. The van der Waals surface area contributed by atoms with E-state index < -0.39 is 10.2 Å².